The van der Waals surface area contributed by atoms with Gasteiger partial charge in [-0.3, -0.25) is 15.1 Å². The van der Waals surface area contributed by atoms with E-state index >= 15 is 0 Å². The van der Waals surface area contributed by atoms with Crippen LogP contribution in [0.15, 0.2) is 58.4 Å². The zero-order valence-corrected chi connectivity index (χ0v) is 19.9. The number of guanidine groups is 1. The first kappa shape index (κ1) is 25.8. The molecule has 0 aliphatic heterocycles. The van der Waals surface area contributed by atoms with E-state index in [0.29, 0.717) is 19.0 Å². The van der Waals surface area contributed by atoms with Crippen molar-refractivity contribution < 1.29 is 13.3 Å². The van der Waals surface area contributed by atoms with E-state index in [1.807, 2.05) is 18.2 Å². The Hall–Kier alpha value is -2.25. The van der Waals surface area contributed by atoms with Crippen LogP contribution in [0.1, 0.15) is 18.1 Å². The fourth-order valence-corrected chi connectivity index (χ4v) is 3.76. The van der Waals surface area contributed by atoms with E-state index in [-0.39, 0.29) is 41.1 Å². The average Bonchev–Trinajstić information content (AvgIpc) is 2.73. The summed E-state index contributed by atoms with van der Waals surface area (Å²) in [5, 5.41) is 17.0. The third-order valence-corrected chi connectivity index (χ3v) is 5.68. The normalized spacial score (nSPS) is 11.5. The number of nitro benzene ring substituents is 1. The minimum Gasteiger partial charge on any atom is -0.355 e. The lowest BCUT2D eigenvalue weighted by molar-refractivity contribution is -0.385. The van der Waals surface area contributed by atoms with Gasteiger partial charge in [-0.1, -0.05) is 37.3 Å². The number of nitro groups is 1. The SMILES string of the molecule is CCc1ccccc1CNC(=NC)NCCNS(=O)(=O)c1cccc([N+](=O)[O-])c1.I. The van der Waals surface area contributed by atoms with Gasteiger partial charge in [0.15, 0.2) is 5.96 Å². The Kier molecular flexibility index (Phi) is 10.7. The third-order valence-electron chi connectivity index (χ3n) is 4.22. The van der Waals surface area contributed by atoms with Crippen LogP contribution in [0.4, 0.5) is 5.69 Å². The number of sulfonamides is 1. The summed E-state index contributed by atoms with van der Waals surface area (Å²) in [5.74, 6) is 0.547. The van der Waals surface area contributed by atoms with Crippen molar-refractivity contribution in [1.29, 1.82) is 0 Å². The predicted octanol–water partition coefficient (Wildman–Crippen LogP) is 2.42. The standard InChI is InChI=1S/C19H25N5O4S.HI/c1-3-15-7-4-5-8-16(15)14-22-19(20-2)21-11-12-23-29(27,28)18-10-6-9-17(13-18)24(25)26;/h4-10,13,23H,3,11-12,14H2,1-2H3,(H2,20,21,22);1H. The number of rotatable bonds is 9. The van der Waals surface area contributed by atoms with Gasteiger partial charge in [0, 0.05) is 38.8 Å². The van der Waals surface area contributed by atoms with Crippen LogP contribution in [0.5, 0.6) is 0 Å². The molecule has 0 fully saturated rings. The lowest BCUT2D eigenvalue weighted by Crippen LogP contribution is -2.41. The van der Waals surface area contributed by atoms with Crippen molar-refractivity contribution in [2.45, 2.75) is 24.8 Å². The van der Waals surface area contributed by atoms with Crippen LogP contribution in [0.2, 0.25) is 0 Å². The summed E-state index contributed by atoms with van der Waals surface area (Å²) in [6.07, 6.45) is 0.934. The monoisotopic (exact) mass is 547 g/mol. The molecule has 0 unspecified atom stereocenters. The van der Waals surface area contributed by atoms with Crippen LogP contribution in [0, 0.1) is 10.1 Å². The van der Waals surface area contributed by atoms with Crippen LogP contribution in [-0.2, 0) is 23.0 Å². The molecule has 0 aliphatic carbocycles. The molecule has 0 heterocycles. The maximum absolute atomic E-state index is 12.3. The van der Waals surface area contributed by atoms with Crippen LogP contribution in [0.25, 0.3) is 0 Å². The number of nitrogens with zero attached hydrogens (tertiary/aromatic N) is 2. The third kappa shape index (κ3) is 7.54. The molecule has 0 aromatic heterocycles. The van der Waals surface area contributed by atoms with Crippen molar-refractivity contribution in [2.24, 2.45) is 4.99 Å². The molecular formula is C19H26IN5O4S. The summed E-state index contributed by atoms with van der Waals surface area (Å²) in [6, 6.07) is 13.0. The van der Waals surface area contributed by atoms with E-state index < -0.39 is 14.9 Å². The molecule has 2 rings (SSSR count). The Morgan fingerprint density at radius 3 is 2.40 bits per heavy atom. The van der Waals surface area contributed by atoms with E-state index in [4.69, 9.17) is 0 Å². The summed E-state index contributed by atoms with van der Waals surface area (Å²) in [6.45, 7) is 3.09. The number of hydrogen-bond acceptors (Lipinski definition) is 5. The molecule has 2 aromatic rings. The maximum Gasteiger partial charge on any atom is 0.270 e. The first-order chi connectivity index (χ1) is 13.9. The Morgan fingerprint density at radius 1 is 1.07 bits per heavy atom. The van der Waals surface area contributed by atoms with Crippen molar-refractivity contribution in [3.63, 3.8) is 0 Å². The van der Waals surface area contributed by atoms with E-state index in [9.17, 15) is 18.5 Å². The molecular weight excluding hydrogens is 521 g/mol. The Balaban J connectivity index is 0.00000450. The molecule has 0 aliphatic rings. The van der Waals surface area contributed by atoms with Gasteiger partial charge in [-0.15, -0.1) is 24.0 Å². The predicted molar refractivity (Wildman–Crippen MR) is 128 cm³/mol. The Labute approximate surface area is 193 Å². The second-order valence-electron chi connectivity index (χ2n) is 6.13. The highest BCUT2D eigenvalue weighted by atomic mass is 127. The minimum atomic E-state index is -3.84. The molecule has 0 atom stereocenters. The van der Waals surface area contributed by atoms with Gasteiger partial charge in [0.05, 0.1) is 9.82 Å². The Bertz CT molecular complexity index is 982. The minimum absolute atomic E-state index is 0. The van der Waals surface area contributed by atoms with Gasteiger partial charge in [-0.05, 0) is 23.6 Å². The molecule has 0 bridgehead atoms. The molecule has 3 N–H and O–H groups in total. The summed E-state index contributed by atoms with van der Waals surface area (Å²) < 4.78 is 27.0. The fraction of sp³-hybridized carbons (Fsp3) is 0.316. The first-order valence-corrected chi connectivity index (χ1v) is 10.6. The van der Waals surface area contributed by atoms with E-state index in [2.05, 4.69) is 33.3 Å². The van der Waals surface area contributed by atoms with E-state index in [1.165, 1.54) is 29.3 Å². The van der Waals surface area contributed by atoms with Gasteiger partial charge in [-0.2, -0.15) is 0 Å². The van der Waals surface area contributed by atoms with Gasteiger partial charge >= 0.3 is 0 Å². The molecule has 0 radical (unpaired) electrons. The lowest BCUT2D eigenvalue weighted by Gasteiger charge is -2.14. The van der Waals surface area contributed by atoms with Crippen LogP contribution in [-0.4, -0.2) is 39.4 Å². The summed E-state index contributed by atoms with van der Waals surface area (Å²) in [7, 11) is -2.21. The summed E-state index contributed by atoms with van der Waals surface area (Å²) >= 11 is 0. The topological polar surface area (TPSA) is 126 Å². The van der Waals surface area contributed by atoms with Gasteiger partial charge < -0.3 is 10.6 Å². The second-order valence-corrected chi connectivity index (χ2v) is 7.89. The largest absolute Gasteiger partial charge is 0.355 e. The quantitative estimate of drug-likeness (QED) is 0.111. The number of benzene rings is 2. The molecule has 164 valence electrons. The molecule has 0 saturated carbocycles. The highest BCUT2D eigenvalue weighted by Crippen LogP contribution is 2.16. The summed E-state index contributed by atoms with van der Waals surface area (Å²) in [4.78, 5) is 14.2. The zero-order chi connectivity index (χ0) is 21.3. The maximum atomic E-state index is 12.3. The number of non-ortho nitro benzene ring substituents is 1. The molecule has 30 heavy (non-hydrogen) atoms. The summed E-state index contributed by atoms with van der Waals surface area (Å²) in [5.41, 5.74) is 2.15. The van der Waals surface area contributed by atoms with Gasteiger partial charge in [-0.25, -0.2) is 13.1 Å². The van der Waals surface area contributed by atoms with Crippen LogP contribution < -0.4 is 15.4 Å². The highest BCUT2D eigenvalue weighted by Gasteiger charge is 2.17. The zero-order valence-electron chi connectivity index (χ0n) is 16.8. The van der Waals surface area contributed by atoms with Gasteiger partial charge in [0.25, 0.3) is 5.69 Å². The van der Waals surface area contributed by atoms with E-state index in [0.717, 1.165) is 12.5 Å². The number of aliphatic imine (C=N–C) groups is 1. The fourth-order valence-electron chi connectivity index (χ4n) is 2.69. The molecule has 2 aromatic carbocycles. The molecule has 0 spiro atoms. The molecule has 11 heteroatoms. The van der Waals surface area contributed by atoms with Crippen molar-refractivity contribution in [3.8, 4) is 0 Å². The van der Waals surface area contributed by atoms with Gasteiger partial charge in [0.2, 0.25) is 10.0 Å². The number of nitrogens with one attached hydrogen (secondary N) is 3. The Morgan fingerprint density at radius 2 is 1.77 bits per heavy atom. The van der Waals surface area contributed by atoms with E-state index in [1.54, 1.807) is 7.05 Å². The molecule has 0 amide bonds. The number of halogens is 1. The van der Waals surface area contributed by atoms with Crippen molar-refractivity contribution in [3.05, 3.63) is 69.8 Å². The highest BCUT2D eigenvalue weighted by molar-refractivity contribution is 14.0. The first-order valence-electron chi connectivity index (χ1n) is 9.12. The van der Waals surface area contributed by atoms with Crippen molar-refractivity contribution >= 4 is 45.6 Å². The van der Waals surface area contributed by atoms with Crippen LogP contribution in [0.3, 0.4) is 0 Å². The number of aryl methyl sites for hydroxylation is 1. The van der Waals surface area contributed by atoms with Crippen molar-refractivity contribution in [1.82, 2.24) is 15.4 Å². The molecule has 0 saturated heterocycles. The van der Waals surface area contributed by atoms with Crippen molar-refractivity contribution in [2.75, 3.05) is 20.1 Å². The van der Waals surface area contributed by atoms with Gasteiger partial charge in [0.1, 0.15) is 0 Å². The number of hydrogen-bond donors (Lipinski definition) is 3. The van der Waals surface area contributed by atoms with Crippen LogP contribution >= 0.6 is 24.0 Å². The smallest absolute Gasteiger partial charge is 0.270 e. The lowest BCUT2D eigenvalue weighted by atomic mass is 10.1. The molecule has 9 nitrogen and oxygen atoms in total. The second kappa shape index (κ2) is 12.4. The average molecular weight is 547 g/mol.